The number of aliphatic imine (C=N–C) groups is 1. The number of hydrogen-bond acceptors (Lipinski definition) is 4. The summed E-state index contributed by atoms with van der Waals surface area (Å²) in [6.07, 6.45) is -3.98. The molecule has 0 aromatic heterocycles. The molecule has 0 saturated heterocycles. The summed E-state index contributed by atoms with van der Waals surface area (Å²) in [6.45, 7) is 0.134. The number of carbonyl (C=O) groups excluding carboxylic acids is 1. The fraction of sp³-hybridized carbons (Fsp3) is 0.211. The zero-order chi connectivity index (χ0) is 19.7. The van der Waals surface area contributed by atoms with Crippen molar-refractivity contribution in [2.45, 2.75) is 19.1 Å². The number of amidine groups is 1. The Morgan fingerprint density at radius 1 is 1.18 bits per heavy atom. The summed E-state index contributed by atoms with van der Waals surface area (Å²) in [5.41, 5.74) is 6.13. The number of hydrogen-bond donors (Lipinski definition) is 2. The maximum Gasteiger partial charge on any atom is 0.416 e. The molecule has 0 unspecified atom stereocenters. The van der Waals surface area contributed by atoms with Gasteiger partial charge in [-0.15, -0.1) is 0 Å². The molecule has 144 valence electrons. The standard InChI is InChI=1S/C19H15F3N4OS/c20-19(21,22)14-3-1-2-11(6-14)9-23-18-26-25-16(10-28-18)12-4-5-13-8-17(27)24-15(13)7-12/h1-7H,8-10H2,(H,23,26)(H,24,27). The van der Waals surface area contributed by atoms with E-state index in [0.29, 0.717) is 22.9 Å². The van der Waals surface area contributed by atoms with Crippen molar-refractivity contribution in [2.24, 2.45) is 10.1 Å². The molecule has 0 bridgehead atoms. The van der Waals surface area contributed by atoms with Gasteiger partial charge in [-0.1, -0.05) is 36.0 Å². The molecule has 5 nitrogen and oxygen atoms in total. The molecule has 28 heavy (non-hydrogen) atoms. The van der Waals surface area contributed by atoms with Crippen LogP contribution in [-0.4, -0.2) is 22.5 Å². The van der Waals surface area contributed by atoms with Crippen molar-refractivity contribution in [3.8, 4) is 0 Å². The molecule has 2 aromatic carbocycles. The number of halogens is 3. The summed E-state index contributed by atoms with van der Waals surface area (Å²) in [5, 5.41) is 7.68. The molecule has 0 saturated carbocycles. The summed E-state index contributed by atoms with van der Waals surface area (Å²) in [7, 11) is 0. The molecule has 0 radical (unpaired) electrons. The normalized spacial score (nSPS) is 17.8. The summed E-state index contributed by atoms with van der Waals surface area (Å²) in [4.78, 5) is 15.8. The number of nitrogens with zero attached hydrogens (tertiary/aromatic N) is 2. The Morgan fingerprint density at radius 2 is 2.04 bits per heavy atom. The Morgan fingerprint density at radius 3 is 2.79 bits per heavy atom. The number of alkyl halides is 3. The molecule has 2 heterocycles. The van der Waals surface area contributed by atoms with Gasteiger partial charge in [-0.3, -0.25) is 15.2 Å². The summed E-state index contributed by atoms with van der Waals surface area (Å²) >= 11 is 1.43. The summed E-state index contributed by atoms with van der Waals surface area (Å²) in [6, 6.07) is 10.9. The molecule has 2 N–H and O–H groups in total. The molecule has 1 amide bonds. The van der Waals surface area contributed by atoms with E-state index in [1.165, 1.54) is 17.8 Å². The van der Waals surface area contributed by atoms with E-state index in [4.69, 9.17) is 0 Å². The maximum absolute atomic E-state index is 12.8. The van der Waals surface area contributed by atoms with Crippen LogP contribution in [0.15, 0.2) is 52.6 Å². The van der Waals surface area contributed by atoms with Gasteiger partial charge < -0.3 is 5.32 Å². The van der Waals surface area contributed by atoms with Crippen molar-refractivity contribution in [1.82, 2.24) is 5.43 Å². The molecule has 4 rings (SSSR count). The van der Waals surface area contributed by atoms with Crippen LogP contribution in [0.2, 0.25) is 0 Å². The van der Waals surface area contributed by atoms with E-state index >= 15 is 0 Å². The van der Waals surface area contributed by atoms with Crippen LogP contribution in [0.3, 0.4) is 0 Å². The maximum atomic E-state index is 12.8. The number of carbonyl (C=O) groups is 1. The number of fused-ring (bicyclic) bond motifs is 1. The highest BCUT2D eigenvalue weighted by atomic mass is 32.2. The van der Waals surface area contributed by atoms with E-state index in [2.05, 4.69) is 20.8 Å². The third kappa shape index (κ3) is 4.04. The van der Waals surface area contributed by atoms with E-state index in [1.54, 1.807) is 6.07 Å². The molecular formula is C19H15F3N4OS. The minimum Gasteiger partial charge on any atom is -0.326 e. The molecule has 2 aliphatic rings. The van der Waals surface area contributed by atoms with Gasteiger partial charge in [0, 0.05) is 17.0 Å². The third-order valence-electron chi connectivity index (χ3n) is 4.36. The number of anilines is 1. The first-order valence-corrected chi connectivity index (χ1v) is 9.46. The van der Waals surface area contributed by atoms with E-state index in [9.17, 15) is 18.0 Å². The van der Waals surface area contributed by atoms with Gasteiger partial charge in [-0.2, -0.15) is 18.3 Å². The van der Waals surface area contributed by atoms with Crippen molar-refractivity contribution in [3.05, 3.63) is 64.7 Å². The first-order valence-electron chi connectivity index (χ1n) is 8.47. The number of rotatable bonds is 3. The highest BCUT2D eigenvalue weighted by molar-refractivity contribution is 8.14. The number of nitrogens with one attached hydrogen (secondary N) is 2. The number of thioether (sulfide) groups is 1. The summed E-state index contributed by atoms with van der Waals surface area (Å²) < 4.78 is 38.3. The Labute approximate surface area is 163 Å². The van der Waals surface area contributed by atoms with E-state index in [1.807, 2.05) is 18.2 Å². The first kappa shape index (κ1) is 18.5. The van der Waals surface area contributed by atoms with Crippen LogP contribution in [0.4, 0.5) is 18.9 Å². The molecular weight excluding hydrogens is 389 g/mol. The fourth-order valence-electron chi connectivity index (χ4n) is 2.95. The lowest BCUT2D eigenvalue weighted by atomic mass is 10.1. The zero-order valence-corrected chi connectivity index (χ0v) is 15.3. The molecule has 0 aliphatic carbocycles. The zero-order valence-electron chi connectivity index (χ0n) is 14.5. The van der Waals surface area contributed by atoms with Crippen molar-refractivity contribution < 1.29 is 18.0 Å². The largest absolute Gasteiger partial charge is 0.416 e. The van der Waals surface area contributed by atoms with Crippen LogP contribution in [0.25, 0.3) is 0 Å². The molecule has 2 aromatic rings. The van der Waals surface area contributed by atoms with Crippen LogP contribution in [-0.2, 0) is 23.9 Å². The molecule has 0 atom stereocenters. The Bertz CT molecular complexity index is 1000. The van der Waals surface area contributed by atoms with Crippen molar-refractivity contribution >= 4 is 34.2 Å². The van der Waals surface area contributed by atoms with Gasteiger partial charge in [0.25, 0.3) is 0 Å². The highest BCUT2D eigenvalue weighted by Gasteiger charge is 2.30. The Kier molecular flexibility index (Phi) is 4.84. The lowest BCUT2D eigenvalue weighted by Crippen LogP contribution is -2.25. The van der Waals surface area contributed by atoms with Crippen molar-refractivity contribution in [1.29, 1.82) is 0 Å². The first-order chi connectivity index (χ1) is 13.4. The average molecular weight is 404 g/mol. The second kappa shape index (κ2) is 7.31. The van der Waals surface area contributed by atoms with Gasteiger partial charge in [0.2, 0.25) is 5.91 Å². The topological polar surface area (TPSA) is 65.8 Å². The van der Waals surface area contributed by atoms with Crippen molar-refractivity contribution in [2.75, 3.05) is 11.1 Å². The lowest BCUT2D eigenvalue weighted by molar-refractivity contribution is -0.137. The Hall–Kier alpha value is -2.81. The molecule has 9 heteroatoms. The second-order valence-electron chi connectivity index (χ2n) is 6.38. The monoisotopic (exact) mass is 404 g/mol. The molecule has 0 spiro atoms. The SMILES string of the molecule is O=C1Cc2ccc(C3=NNC(=NCc4cccc(C(F)(F)F)c4)SC3)cc2N1. The van der Waals surface area contributed by atoms with Gasteiger partial charge in [0.15, 0.2) is 5.17 Å². The van der Waals surface area contributed by atoms with E-state index in [0.717, 1.165) is 34.7 Å². The van der Waals surface area contributed by atoms with Gasteiger partial charge in [-0.25, -0.2) is 0 Å². The molecule has 0 fully saturated rings. The predicted molar refractivity (Wildman–Crippen MR) is 103 cm³/mol. The molecule has 2 aliphatic heterocycles. The minimum atomic E-state index is -4.37. The fourth-order valence-corrected chi connectivity index (χ4v) is 3.72. The van der Waals surface area contributed by atoms with Crippen LogP contribution in [0.1, 0.15) is 22.3 Å². The third-order valence-corrected chi connectivity index (χ3v) is 5.27. The quantitative estimate of drug-likeness (QED) is 0.818. The smallest absolute Gasteiger partial charge is 0.326 e. The van der Waals surface area contributed by atoms with Crippen LogP contribution in [0, 0.1) is 0 Å². The number of hydrazone groups is 1. The predicted octanol–water partition coefficient (Wildman–Crippen LogP) is 3.80. The van der Waals surface area contributed by atoms with E-state index in [-0.39, 0.29) is 12.5 Å². The van der Waals surface area contributed by atoms with Crippen LogP contribution < -0.4 is 10.7 Å². The van der Waals surface area contributed by atoms with Crippen molar-refractivity contribution in [3.63, 3.8) is 0 Å². The second-order valence-corrected chi connectivity index (χ2v) is 7.34. The highest BCUT2D eigenvalue weighted by Crippen LogP contribution is 2.30. The van der Waals surface area contributed by atoms with Gasteiger partial charge in [0.1, 0.15) is 0 Å². The van der Waals surface area contributed by atoms with Gasteiger partial charge >= 0.3 is 6.18 Å². The Balaban J connectivity index is 1.43. The van der Waals surface area contributed by atoms with Crippen LogP contribution in [0.5, 0.6) is 0 Å². The van der Waals surface area contributed by atoms with Crippen LogP contribution >= 0.6 is 11.8 Å². The summed E-state index contributed by atoms with van der Waals surface area (Å²) in [5.74, 6) is 0.551. The van der Waals surface area contributed by atoms with Gasteiger partial charge in [-0.05, 0) is 29.3 Å². The minimum absolute atomic E-state index is 0.0192. The van der Waals surface area contributed by atoms with E-state index < -0.39 is 11.7 Å². The number of amides is 1. The van der Waals surface area contributed by atoms with Gasteiger partial charge in [0.05, 0.1) is 24.2 Å². The number of benzene rings is 2. The lowest BCUT2D eigenvalue weighted by Gasteiger charge is -2.15. The average Bonchev–Trinajstić information content (AvgIpc) is 3.05.